The lowest BCUT2D eigenvalue weighted by molar-refractivity contribution is -0.138. The smallest absolute Gasteiger partial charge is 0.314 e. The highest BCUT2D eigenvalue weighted by Crippen LogP contribution is 2.31. The number of ether oxygens (including phenoxy) is 1. The Hall–Kier alpha value is -2.11. The van der Waals surface area contributed by atoms with Gasteiger partial charge in [0.05, 0.1) is 0 Å². The third kappa shape index (κ3) is 3.96. The van der Waals surface area contributed by atoms with Crippen LogP contribution in [0.4, 0.5) is 0 Å². The molecular weight excluding hydrogens is 304 g/mol. The van der Waals surface area contributed by atoms with E-state index in [9.17, 15) is 4.79 Å². The summed E-state index contributed by atoms with van der Waals surface area (Å²) in [6, 6.07) is 11.6. The molecule has 0 saturated heterocycles. The van der Waals surface area contributed by atoms with Gasteiger partial charge in [-0.05, 0) is 35.9 Å². The number of hydrogen-bond donors (Lipinski definition) is 2. The summed E-state index contributed by atoms with van der Waals surface area (Å²) in [7, 11) is 0. The number of aromatic nitrogens is 1. The molecule has 0 saturated carbocycles. The number of benzene rings is 1. The van der Waals surface area contributed by atoms with Crippen molar-refractivity contribution in [2.45, 2.75) is 19.4 Å². The number of fused-ring (bicyclic) bond motifs is 1. The molecule has 1 atom stereocenters. The maximum absolute atomic E-state index is 10.7. The van der Waals surface area contributed by atoms with E-state index < -0.39 is 11.9 Å². The van der Waals surface area contributed by atoms with Crippen LogP contribution in [-0.2, 0) is 11.3 Å². The number of hydrogen-bond acceptors (Lipinski definition) is 4. The molecular formula is C16H17ClN2O3. The van der Waals surface area contributed by atoms with Crippen molar-refractivity contribution in [2.75, 3.05) is 6.61 Å². The number of aliphatic carboxylic acids is 1. The van der Waals surface area contributed by atoms with Crippen LogP contribution in [0.1, 0.15) is 22.6 Å². The Morgan fingerprint density at radius 3 is 2.86 bits per heavy atom. The molecule has 1 aromatic carbocycles. The van der Waals surface area contributed by atoms with Crippen LogP contribution in [0.3, 0.4) is 0 Å². The summed E-state index contributed by atoms with van der Waals surface area (Å²) in [5.41, 5.74) is 3.19. The van der Waals surface area contributed by atoms with Gasteiger partial charge in [0.2, 0.25) is 5.88 Å². The van der Waals surface area contributed by atoms with Crippen LogP contribution in [0.5, 0.6) is 5.88 Å². The first-order valence-electron chi connectivity index (χ1n) is 6.82. The Kier molecular flexibility index (Phi) is 5.75. The minimum atomic E-state index is -0.859. The topological polar surface area (TPSA) is 71.5 Å². The molecule has 3 rings (SSSR count). The molecule has 5 nitrogen and oxygen atoms in total. The Morgan fingerprint density at radius 2 is 2.18 bits per heavy atom. The van der Waals surface area contributed by atoms with Crippen molar-refractivity contribution in [3.8, 4) is 5.88 Å². The molecule has 22 heavy (non-hydrogen) atoms. The van der Waals surface area contributed by atoms with Crippen LogP contribution in [0, 0.1) is 6.92 Å². The summed E-state index contributed by atoms with van der Waals surface area (Å²) in [6.07, 6.45) is 1.59. The molecule has 0 spiro atoms. The number of rotatable bonds is 3. The number of pyridine rings is 1. The van der Waals surface area contributed by atoms with Gasteiger partial charge in [-0.25, -0.2) is 9.82 Å². The Morgan fingerprint density at radius 1 is 1.41 bits per heavy atom. The van der Waals surface area contributed by atoms with E-state index in [2.05, 4.69) is 28.9 Å². The van der Waals surface area contributed by atoms with Gasteiger partial charge in [0, 0.05) is 18.3 Å². The van der Waals surface area contributed by atoms with E-state index in [0.29, 0.717) is 11.4 Å². The fraction of sp³-hybridized carbons (Fsp3) is 0.250. The zero-order valence-corrected chi connectivity index (χ0v) is 12.9. The number of carboxylic acids is 1. The normalized spacial score (nSPS) is 15.3. The van der Waals surface area contributed by atoms with Crippen LogP contribution in [-0.4, -0.2) is 22.7 Å². The van der Waals surface area contributed by atoms with Crippen LogP contribution in [0.25, 0.3) is 0 Å². The molecule has 1 aliphatic heterocycles. The Balaban J connectivity index is 0.000000164. The maximum atomic E-state index is 10.7. The number of nitrogens with one attached hydrogen (secondary N) is 1. The molecule has 1 aromatic heterocycles. The fourth-order valence-electron chi connectivity index (χ4n) is 2.13. The van der Waals surface area contributed by atoms with Gasteiger partial charge in [-0.15, -0.1) is 0 Å². The van der Waals surface area contributed by atoms with Crippen LogP contribution in [0.15, 0.2) is 42.6 Å². The highest BCUT2D eigenvalue weighted by molar-refractivity contribution is 6.13. The summed E-state index contributed by atoms with van der Waals surface area (Å²) in [5, 5.41) is 8.75. The summed E-state index contributed by atoms with van der Waals surface area (Å²) in [5.74, 6) is -0.958. The van der Waals surface area contributed by atoms with E-state index in [0.717, 1.165) is 6.54 Å². The minimum absolute atomic E-state index is 0.196. The minimum Gasteiger partial charge on any atom is -0.481 e. The Bertz CT molecular complexity index is 649. The van der Waals surface area contributed by atoms with Gasteiger partial charge in [0.25, 0.3) is 0 Å². The second-order valence-electron chi connectivity index (χ2n) is 4.84. The average Bonchev–Trinajstić information content (AvgIpc) is 2.95. The van der Waals surface area contributed by atoms with Crippen LogP contribution >= 0.6 is 11.8 Å². The highest BCUT2D eigenvalue weighted by Gasteiger charge is 2.30. The lowest BCUT2D eigenvalue weighted by Crippen LogP contribution is -2.12. The predicted molar refractivity (Wildman–Crippen MR) is 84.0 cm³/mol. The number of aryl methyl sites for hydroxylation is 1. The second kappa shape index (κ2) is 7.77. The number of carbonyl (C=O) groups is 1. The van der Waals surface area contributed by atoms with Crippen molar-refractivity contribution >= 4 is 17.7 Å². The monoisotopic (exact) mass is 320 g/mol. The highest BCUT2D eigenvalue weighted by atomic mass is 35.5. The molecule has 0 radical (unpaired) electrons. The van der Waals surface area contributed by atoms with E-state index in [4.69, 9.17) is 21.6 Å². The van der Waals surface area contributed by atoms with Gasteiger partial charge in [0.1, 0.15) is 12.5 Å². The SMILES string of the molecule is Cc1ccccc1CNCl.O=C(O)C1COc2ncccc21. The third-order valence-electron chi connectivity index (χ3n) is 3.38. The lowest BCUT2D eigenvalue weighted by Gasteiger charge is -2.01. The first-order valence-corrected chi connectivity index (χ1v) is 7.19. The quantitative estimate of drug-likeness (QED) is 0.851. The number of halogens is 1. The standard InChI is InChI=1S/C8H10ClN.C8H7NO3/c1-7-4-2-3-5-8(7)6-10-9;10-8(11)6-4-12-7-5(6)2-1-3-9-7/h2-5,10H,6H2,1H3;1-3,6H,4H2,(H,10,11). The molecule has 0 aliphatic carbocycles. The average molecular weight is 321 g/mol. The summed E-state index contributed by atoms with van der Waals surface area (Å²) in [4.78, 5) is 17.2. The molecule has 2 heterocycles. The van der Waals surface area contributed by atoms with Crippen LogP contribution in [0.2, 0.25) is 0 Å². The molecule has 1 unspecified atom stereocenters. The van der Waals surface area contributed by atoms with Crippen molar-refractivity contribution in [1.29, 1.82) is 0 Å². The van der Waals surface area contributed by atoms with Crippen LogP contribution < -0.4 is 9.57 Å². The van der Waals surface area contributed by atoms with E-state index in [-0.39, 0.29) is 6.61 Å². The van der Waals surface area contributed by atoms with E-state index >= 15 is 0 Å². The van der Waals surface area contributed by atoms with Crippen molar-refractivity contribution in [1.82, 2.24) is 9.82 Å². The fourth-order valence-corrected chi connectivity index (χ4v) is 2.27. The molecule has 2 aromatic rings. The maximum Gasteiger partial charge on any atom is 0.314 e. The molecule has 6 heteroatoms. The molecule has 116 valence electrons. The first kappa shape index (κ1) is 16.3. The summed E-state index contributed by atoms with van der Waals surface area (Å²) < 4.78 is 5.08. The number of carboxylic acid groups (broad SMARTS) is 1. The molecule has 2 N–H and O–H groups in total. The third-order valence-corrected chi connectivity index (χ3v) is 3.51. The molecule has 0 bridgehead atoms. The molecule has 0 fully saturated rings. The zero-order chi connectivity index (χ0) is 15.9. The van der Waals surface area contributed by atoms with Crippen molar-refractivity contribution < 1.29 is 14.6 Å². The van der Waals surface area contributed by atoms with E-state index in [1.54, 1.807) is 18.3 Å². The number of nitrogens with zero attached hydrogens (tertiary/aromatic N) is 1. The second-order valence-corrected chi connectivity index (χ2v) is 5.10. The molecule has 0 amide bonds. The largest absolute Gasteiger partial charge is 0.481 e. The van der Waals surface area contributed by atoms with E-state index in [1.807, 2.05) is 12.1 Å². The van der Waals surface area contributed by atoms with Crippen molar-refractivity contribution in [3.63, 3.8) is 0 Å². The lowest BCUT2D eigenvalue weighted by atomic mass is 10.0. The first-order chi connectivity index (χ1) is 10.6. The van der Waals surface area contributed by atoms with Gasteiger partial charge in [-0.3, -0.25) is 4.79 Å². The van der Waals surface area contributed by atoms with Crippen molar-refractivity contribution in [3.05, 3.63) is 59.3 Å². The predicted octanol–water partition coefficient (Wildman–Crippen LogP) is 2.88. The van der Waals surface area contributed by atoms with Gasteiger partial charge in [-0.1, -0.05) is 30.3 Å². The van der Waals surface area contributed by atoms with Gasteiger partial charge in [-0.2, -0.15) is 0 Å². The van der Waals surface area contributed by atoms with E-state index in [1.165, 1.54) is 11.1 Å². The summed E-state index contributed by atoms with van der Waals surface area (Å²) >= 11 is 5.36. The molecule has 1 aliphatic rings. The zero-order valence-electron chi connectivity index (χ0n) is 12.1. The van der Waals surface area contributed by atoms with Crippen molar-refractivity contribution in [2.24, 2.45) is 0 Å². The van der Waals surface area contributed by atoms with Gasteiger partial charge in [0.15, 0.2) is 0 Å². The van der Waals surface area contributed by atoms with Gasteiger partial charge < -0.3 is 9.84 Å². The van der Waals surface area contributed by atoms with Gasteiger partial charge >= 0.3 is 5.97 Å². The summed E-state index contributed by atoms with van der Waals surface area (Å²) in [6.45, 7) is 3.00. The Labute approximate surface area is 134 Å².